The maximum atomic E-state index is 12.8. The predicted molar refractivity (Wildman–Crippen MR) is 128 cm³/mol. The van der Waals surface area contributed by atoms with Crippen molar-refractivity contribution in [3.8, 4) is 22.5 Å². The van der Waals surface area contributed by atoms with E-state index in [0.29, 0.717) is 0 Å². The fourth-order valence-corrected chi connectivity index (χ4v) is 4.30. The van der Waals surface area contributed by atoms with Gasteiger partial charge in [0.1, 0.15) is 12.0 Å². The Hall–Kier alpha value is -3.51. The predicted octanol–water partition coefficient (Wildman–Crippen LogP) is 4.30. The SMILES string of the molecule is Cc1cccc(-c2ncnc3[nH]c(-c4ccc(C(=O)N5CCN(C)CC5)cc4)cc23)c1C. The summed E-state index contributed by atoms with van der Waals surface area (Å²) in [5.74, 6) is 0.101. The van der Waals surface area contributed by atoms with Gasteiger partial charge in [0.2, 0.25) is 0 Å². The molecule has 1 amide bonds. The third-order valence-corrected chi connectivity index (χ3v) is 6.52. The molecule has 1 saturated heterocycles. The smallest absolute Gasteiger partial charge is 0.253 e. The minimum absolute atomic E-state index is 0.101. The van der Waals surface area contributed by atoms with E-state index >= 15 is 0 Å². The summed E-state index contributed by atoms with van der Waals surface area (Å²) in [4.78, 5) is 29.5. The van der Waals surface area contributed by atoms with Crippen LogP contribution in [-0.4, -0.2) is 63.9 Å². The Kier molecular flexibility index (Phi) is 5.23. The molecule has 0 saturated carbocycles. The quantitative estimate of drug-likeness (QED) is 0.532. The molecule has 2 aromatic carbocycles. The van der Waals surface area contributed by atoms with Gasteiger partial charge in [0, 0.05) is 48.4 Å². The first-order valence-corrected chi connectivity index (χ1v) is 11.0. The highest BCUT2D eigenvalue weighted by Gasteiger charge is 2.20. The number of aromatic nitrogens is 3. The Bertz CT molecular complexity index is 1280. The number of rotatable bonds is 3. The first-order valence-electron chi connectivity index (χ1n) is 11.0. The van der Waals surface area contributed by atoms with Crippen molar-refractivity contribution in [3.05, 3.63) is 71.5 Å². The van der Waals surface area contributed by atoms with Crippen LogP contribution in [0.25, 0.3) is 33.5 Å². The topological polar surface area (TPSA) is 65.1 Å². The summed E-state index contributed by atoms with van der Waals surface area (Å²) in [7, 11) is 2.09. The van der Waals surface area contributed by atoms with Crippen LogP contribution in [-0.2, 0) is 0 Å². The molecule has 0 spiro atoms. The number of carbonyl (C=O) groups is 1. The Labute approximate surface area is 187 Å². The first-order chi connectivity index (χ1) is 15.5. The van der Waals surface area contributed by atoms with Gasteiger partial charge >= 0.3 is 0 Å². The molecule has 162 valence electrons. The number of nitrogens with zero attached hydrogens (tertiary/aromatic N) is 4. The molecule has 1 aliphatic rings. The molecule has 3 heterocycles. The number of benzene rings is 2. The zero-order chi connectivity index (χ0) is 22.2. The molecular formula is C26H27N5O. The highest BCUT2D eigenvalue weighted by atomic mass is 16.2. The largest absolute Gasteiger partial charge is 0.339 e. The van der Waals surface area contributed by atoms with Crippen molar-refractivity contribution in [1.82, 2.24) is 24.8 Å². The zero-order valence-electron chi connectivity index (χ0n) is 18.7. The maximum absolute atomic E-state index is 12.8. The van der Waals surface area contributed by atoms with Gasteiger partial charge in [-0.25, -0.2) is 9.97 Å². The highest BCUT2D eigenvalue weighted by Crippen LogP contribution is 2.32. The van der Waals surface area contributed by atoms with Gasteiger partial charge in [0.15, 0.2) is 0 Å². The number of nitrogens with one attached hydrogen (secondary N) is 1. The summed E-state index contributed by atoms with van der Waals surface area (Å²) in [6, 6.07) is 16.2. The molecule has 32 heavy (non-hydrogen) atoms. The molecule has 5 rings (SSSR count). The highest BCUT2D eigenvalue weighted by molar-refractivity contribution is 5.96. The maximum Gasteiger partial charge on any atom is 0.253 e. The fraction of sp³-hybridized carbons (Fsp3) is 0.269. The number of fused-ring (bicyclic) bond motifs is 1. The Morgan fingerprint density at radius 1 is 0.969 bits per heavy atom. The van der Waals surface area contributed by atoms with E-state index in [1.807, 2.05) is 29.2 Å². The monoisotopic (exact) mass is 425 g/mol. The van der Waals surface area contributed by atoms with Crippen molar-refractivity contribution in [2.24, 2.45) is 0 Å². The second kappa shape index (κ2) is 8.20. The normalized spacial score (nSPS) is 14.8. The minimum Gasteiger partial charge on any atom is -0.339 e. The first kappa shape index (κ1) is 20.4. The summed E-state index contributed by atoms with van der Waals surface area (Å²) in [6.45, 7) is 7.64. The average molecular weight is 426 g/mol. The van der Waals surface area contributed by atoms with E-state index in [1.165, 1.54) is 11.1 Å². The van der Waals surface area contributed by atoms with Crippen LogP contribution in [0, 0.1) is 13.8 Å². The van der Waals surface area contributed by atoms with Crippen molar-refractivity contribution < 1.29 is 4.79 Å². The number of amides is 1. The summed E-state index contributed by atoms with van der Waals surface area (Å²) < 4.78 is 0. The number of aryl methyl sites for hydroxylation is 1. The second-order valence-corrected chi connectivity index (χ2v) is 8.59. The van der Waals surface area contributed by atoms with Crippen molar-refractivity contribution in [3.63, 3.8) is 0 Å². The van der Waals surface area contributed by atoms with E-state index in [9.17, 15) is 4.79 Å². The molecule has 0 atom stereocenters. The number of carbonyl (C=O) groups excluding carboxylic acids is 1. The van der Waals surface area contributed by atoms with Gasteiger partial charge in [0.05, 0.1) is 5.69 Å². The second-order valence-electron chi connectivity index (χ2n) is 8.59. The summed E-state index contributed by atoms with van der Waals surface area (Å²) in [5, 5.41) is 0.994. The van der Waals surface area contributed by atoms with Crippen LogP contribution in [0.4, 0.5) is 0 Å². The van der Waals surface area contributed by atoms with Crippen molar-refractivity contribution >= 4 is 16.9 Å². The number of H-pyrrole nitrogens is 1. The van der Waals surface area contributed by atoms with Gasteiger partial charge in [-0.15, -0.1) is 0 Å². The molecule has 2 aromatic heterocycles. The van der Waals surface area contributed by atoms with Crippen LogP contribution in [0.1, 0.15) is 21.5 Å². The standard InChI is InChI=1S/C26H27N5O/c1-17-5-4-6-21(18(17)2)24-22-15-23(29-25(22)28-16-27-24)19-7-9-20(10-8-19)26(32)31-13-11-30(3)12-14-31/h4-10,15-16H,11-14H2,1-3H3,(H,27,28,29). The van der Waals surface area contributed by atoms with Crippen LogP contribution < -0.4 is 0 Å². The molecule has 6 nitrogen and oxygen atoms in total. The minimum atomic E-state index is 0.101. The van der Waals surface area contributed by atoms with E-state index in [2.05, 4.69) is 65.0 Å². The lowest BCUT2D eigenvalue weighted by Gasteiger charge is -2.32. The third kappa shape index (κ3) is 3.67. The lowest BCUT2D eigenvalue weighted by molar-refractivity contribution is 0.0664. The van der Waals surface area contributed by atoms with Crippen molar-refractivity contribution in [2.75, 3.05) is 33.2 Å². The Morgan fingerprint density at radius 3 is 2.47 bits per heavy atom. The van der Waals surface area contributed by atoms with Crippen molar-refractivity contribution in [1.29, 1.82) is 0 Å². The van der Waals surface area contributed by atoms with Gasteiger partial charge in [-0.3, -0.25) is 4.79 Å². The van der Waals surface area contributed by atoms with Gasteiger partial charge in [0.25, 0.3) is 5.91 Å². The molecule has 4 aromatic rings. The Balaban J connectivity index is 1.45. The zero-order valence-corrected chi connectivity index (χ0v) is 18.7. The molecule has 1 aliphatic heterocycles. The molecule has 1 fully saturated rings. The van der Waals surface area contributed by atoms with E-state index < -0.39 is 0 Å². The molecule has 1 N–H and O–H groups in total. The van der Waals surface area contributed by atoms with E-state index in [1.54, 1.807) is 6.33 Å². The molecule has 0 aliphatic carbocycles. The summed E-state index contributed by atoms with van der Waals surface area (Å²) in [6.07, 6.45) is 1.61. The lowest BCUT2D eigenvalue weighted by Crippen LogP contribution is -2.47. The van der Waals surface area contributed by atoms with Crippen molar-refractivity contribution in [2.45, 2.75) is 13.8 Å². The molecule has 0 unspecified atom stereocenters. The van der Waals surface area contributed by atoms with E-state index in [0.717, 1.165) is 65.3 Å². The lowest BCUT2D eigenvalue weighted by atomic mass is 9.99. The third-order valence-electron chi connectivity index (χ3n) is 6.52. The molecule has 0 radical (unpaired) electrons. The van der Waals surface area contributed by atoms with Crippen LogP contribution in [0.15, 0.2) is 54.9 Å². The van der Waals surface area contributed by atoms with Gasteiger partial charge < -0.3 is 14.8 Å². The van der Waals surface area contributed by atoms with Gasteiger partial charge in [-0.2, -0.15) is 0 Å². The van der Waals surface area contributed by atoms with E-state index in [4.69, 9.17) is 0 Å². The molecular weight excluding hydrogens is 398 g/mol. The molecule has 0 bridgehead atoms. The van der Waals surface area contributed by atoms with Gasteiger partial charge in [-0.1, -0.05) is 30.3 Å². The Morgan fingerprint density at radius 2 is 1.72 bits per heavy atom. The average Bonchev–Trinajstić information content (AvgIpc) is 3.26. The number of hydrogen-bond acceptors (Lipinski definition) is 4. The summed E-state index contributed by atoms with van der Waals surface area (Å²) >= 11 is 0. The fourth-order valence-electron chi connectivity index (χ4n) is 4.30. The number of piperazine rings is 1. The molecule has 6 heteroatoms. The number of aromatic amines is 1. The summed E-state index contributed by atoms with van der Waals surface area (Å²) in [5.41, 5.74) is 8.04. The van der Waals surface area contributed by atoms with E-state index in [-0.39, 0.29) is 5.91 Å². The van der Waals surface area contributed by atoms with Gasteiger partial charge in [-0.05, 0) is 55.8 Å². The van der Waals surface area contributed by atoms with Crippen LogP contribution in [0.5, 0.6) is 0 Å². The van der Waals surface area contributed by atoms with Crippen LogP contribution >= 0.6 is 0 Å². The van der Waals surface area contributed by atoms with Crippen LogP contribution in [0.3, 0.4) is 0 Å². The number of likely N-dealkylation sites (N-methyl/N-ethyl adjacent to an activating group) is 1. The van der Waals surface area contributed by atoms with Crippen LogP contribution in [0.2, 0.25) is 0 Å². The number of hydrogen-bond donors (Lipinski definition) is 1.